The maximum atomic E-state index is 6.13. The Morgan fingerprint density at radius 1 is 1.24 bits per heavy atom. The van der Waals surface area contributed by atoms with Crippen LogP contribution in [-0.2, 0) is 6.54 Å². The van der Waals surface area contributed by atoms with E-state index in [0.717, 1.165) is 50.6 Å². The molecule has 3 rings (SSSR count). The van der Waals surface area contributed by atoms with Crippen molar-refractivity contribution in [3.8, 4) is 11.4 Å². The van der Waals surface area contributed by atoms with Gasteiger partial charge in [0.05, 0.1) is 11.0 Å². The predicted molar refractivity (Wildman–Crippen MR) is 92.6 cm³/mol. The van der Waals surface area contributed by atoms with Crippen LogP contribution in [0.5, 0.6) is 0 Å². The maximum Gasteiger partial charge on any atom is 0.141 e. The van der Waals surface area contributed by atoms with Gasteiger partial charge in [-0.05, 0) is 58.7 Å². The van der Waals surface area contributed by atoms with Crippen molar-refractivity contribution in [1.29, 1.82) is 0 Å². The molecule has 1 heterocycles. The fourth-order valence-electron chi connectivity index (χ4n) is 2.43. The molecular formula is C16H15BrClN3. The van der Waals surface area contributed by atoms with Gasteiger partial charge in [0.25, 0.3) is 0 Å². The number of rotatable bonds is 3. The summed E-state index contributed by atoms with van der Waals surface area (Å²) in [5, 5.41) is 0.727. The second-order valence-corrected chi connectivity index (χ2v) is 6.25. The van der Waals surface area contributed by atoms with Crippen LogP contribution in [0.4, 0.5) is 5.69 Å². The number of anilines is 1. The second-order valence-electron chi connectivity index (χ2n) is 4.96. The van der Waals surface area contributed by atoms with Gasteiger partial charge < -0.3 is 10.3 Å². The molecule has 0 amide bonds. The number of fused-ring (bicyclic) bond motifs is 1. The molecule has 21 heavy (non-hydrogen) atoms. The van der Waals surface area contributed by atoms with Crippen molar-refractivity contribution in [2.24, 2.45) is 0 Å². The highest BCUT2D eigenvalue weighted by Gasteiger charge is 2.13. The Morgan fingerprint density at radius 2 is 2.05 bits per heavy atom. The highest BCUT2D eigenvalue weighted by molar-refractivity contribution is 9.10. The zero-order chi connectivity index (χ0) is 15.0. The van der Waals surface area contributed by atoms with Gasteiger partial charge in [-0.25, -0.2) is 4.98 Å². The summed E-state index contributed by atoms with van der Waals surface area (Å²) < 4.78 is 3.09. The lowest BCUT2D eigenvalue weighted by molar-refractivity contribution is 0.704. The summed E-state index contributed by atoms with van der Waals surface area (Å²) in [7, 11) is 0. The molecular weight excluding hydrogens is 350 g/mol. The molecule has 0 saturated carbocycles. The van der Waals surface area contributed by atoms with Gasteiger partial charge in [-0.2, -0.15) is 0 Å². The van der Waals surface area contributed by atoms with Crippen LogP contribution >= 0.6 is 27.5 Å². The normalized spacial score (nSPS) is 11.2. The predicted octanol–water partition coefficient (Wildman–Crippen LogP) is 5.11. The van der Waals surface area contributed by atoms with E-state index in [-0.39, 0.29) is 0 Å². The fraction of sp³-hybridized carbons (Fsp3) is 0.188. The lowest BCUT2D eigenvalue weighted by atomic mass is 10.2. The van der Waals surface area contributed by atoms with Crippen LogP contribution in [0.25, 0.3) is 22.4 Å². The van der Waals surface area contributed by atoms with Crippen LogP contribution in [-0.4, -0.2) is 9.55 Å². The zero-order valence-electron chi connectivity index (χ0n) is 11.6. The van der Waals surface area contributed by atoms with Crippen molar-refractivity contribution >= 4 is 44.3 Å². The molecule has 2 aromatic carbocycles. The summed E-state index contributed by atoms with van der Waals surface area (Å²) in [4.78, 5) is 4.76. The number of imidazole rings is 1. The van der Waals surface area contributed by atoms with Crippen LogP contribution in [0.2, 0.25) is 5.02 Å². The number of nitrogens with two attached hydrogens (primary N) is 1. The number of halogens is 2. The standard InChI is InChI=1S/C16H15BrClN3/c1-2-7-21-15-9-11(18)4-6-14(15)20-16(21)10-3-5-13(19)12(17)8-10/h3-6,8-9H,2,7,19H2,1H3. The van der Waals surface area contributed by atoms with Gasteiger partial charge in [-0.1, -0.05) is 18.5 Å². The van der Waals surface area contributed by atoms with Gasteiger partial charge in [0.15, 0.2) is 0 Å². The average molecular weight is 365 g/mol. The molecule has 0 aliphatic rings. The number of hydrogen-bond acceptors (Lipinski definition) is 2. The number of nitrogen functional groups attached to an aromatic ring is 1. The Morgan fingerprint density at radius 3 is 2.76 bits per heavy atom. The summed E-state index contributed by atoms with van der Waals surface area (Å²) >= 11 is 9.61. The average Bonchev–Trinajstić information content (AvgIpc) is 2.81. The largest absolute Gasteiger partial charge is 0.398 e. The highest BCUT2D eigenvalue weighted by Crippen LogP contribution is 2.30. The van der Waals surface area contributed by atoms with E-state index in [4.69, 9.17) is 22.3 Å². The van der Waals surface area contributed by atoms with Crippen molar-refractivity contribution in [2.75, 3.05) is 5.73 Å². The van der Waals surface area contributed by atoms with E-state index >= 15 is 0 Å². The first-order valence-corrected chi connectivity index (χ1v) is 7.98. The van der Waals surface area contributed by atoms with Crippen molar-refractivity contribution in [3.05, 3.63) is 45.9 Å². The summed E-state index contributed by atoms with van der Waals surface area (Å²) in [6.45, 7) is 3.05. The second kappa shape index (κ2) is 5.70. The number of nitrogens with zero attached hydrogens (tertiary/aromatic N) is 2. The third-order valence-electron chi connectivity index (χ3n) is 3.42. The fourth-order valence-corrected chi connectivity index (χ4v) is 2.98. The number of aromatic nitrogens is 2. The molecule has 1 aromatic heterocycles. The van der Waals surface area contributed by atoms with Gasteiger partial charge in [-0.3, -0.25) is 0 Å². The number of aryl methyl sites for hydroxylation is 1. The minimum absolute atomic E-state index is 0.722. The van der Waals surface area contributed by atoms with Gasteiger partial charge in [0, 0.05) is 27.3 Å². The molecule has 108 valence electrons. The van der Waals surface area contributed by atoms with E-state index in [0.29, 0.717) is 0 Å². The molecule has 2 N–H and O–H groups in total. The molecule has 0 atom stereocenters. The Labute approximate surface area is 136 Å². The topological polar surface area (TPSA) is 43.8 Å². The van der Waals surface area contributed by atoms with Crippen molar-refractivity contribution in [1.82, 2.24) is 9.55 Å². The molecule has 0 spiro atoms. The zero-order valence-corrected chi connectivity index (χ0v) is 13.9. The van der Waals surface area contributed by atoms with E-state index < -0.39 is 0 Å². The molecule has 0 unspecified atom stereocenters. The molecule has 5 heteroatoms. The van der Waals surface area contributed by atoms with Crippen LogP contribution in [0.15, 0.2) is 40.9 Å². The van der Waals surface area contributed by atoms with Crippen molar-refractivity contribution in [3.63, 3.8) is 0 Å². The molecule has 0 bridgehead atoms. The Bertz CT molecular complexity index is 811. The number of hydrogen-bond donors (Lipinski definition) is 1. The van der Waals surface area contributed by atoms with E-state index in [1.54, 1.807) is 0 Å². The molecule has 3 aromatic rings. The smallest absolute Gasteiger partial charge is 0.141 e. The molecule has 0 radical (unpaired) electrons. The van der Waals surface area contributed by atoms with Gasteiger partial charge in [0.1, 0.15) is 5.82 Å². The summed E-state index contributed by atoms with van der Waals surface area (Å²) in [6.07, 6.45) is 1.03. The quantitative estimate of drug-likeness (QED) is 0.656. The minimum Gasteiger partial charge on any atom is -0.398 e. The van der Waals surface area contributed by atoms with E-state index in [9.17, 15) is 0 Å². The van der Waals surface area contributed by atoms with Crippen LogP contribution in [0, 0.1) is 0 Å². The van der Waals surface area contributed by atoms with Gasteiger partial charge >= 0.3 is 0 Å². The molecule has 0 saturated heterocycles. The van der Waals surface area contributed by atoms with E-state index in [1.807, 2.05) is 36.4 Å². The third-order valence-corrected chi connectivity index (χ3v) is 4.34. The first-order chi connectivity index (χ1) is 10.1. The highest BCUT2D eigenvalue weighted by atomic mass is 79.9. The van der Waals surface area contributed by atoms with Crippen molar-refractivity contribution < 1.29 is 0 Å². The number of benzene rings is 2. The van der Waals surface area contributed by atoms with Crippen LogP contribution in [0.3, 0.4) is 0 Å². The molecule has 0 aliphatic carbocycles. The molecule has 0 fully saturated rings. The first-order valence-electron chi connectivity index (χ1n) is 6.81. The van der Waals surface area contributed by atoms with Crippen molar-refractivity contribution in [2.45, 2.75) is 19.9 Å². The monoisotopic (exact) mass is 363 g/mol. The third kappa shape index (κ3) is 2.65. The van der Waals surface area contributed by atoms with Crippen LogP contribution in [0.1, 0.15) is 13.3 Å². The lowest BCUT2D eigenvalue weighted by Gasteiger charge is -2.09. The summed E-state index contributed by atoms with van der Waals surface area (Å²) in [5.74, 6) is 0.940. The minimum atomic E-state index is 0.722. The lowest BCUT2D eigenvalue weighted by Crippen LogP contribution is -2.00. The van der Waals surface area contributed by atoms with Crippen LogP contribution < -0.4 is 5.73 Å². The molecule has 3 nitrogen and oxygen atoms in total. The van der Waals surface area contributed by atoms with Gasteiger partial charge in [-0.15, -0.1) is 0 Å². The summed E-state index contributed by atoms with van der Waals surface area (Å²) in [5.41, 5.74) is 9.64. The van der Waals surface area contributed by atoms with E-state index in [1.165, 1.54) is 0 Å². The maximum absolute atomic E-state index is 6.13. The Balaban J connectivity index is 2.25. The summed E-state index contributed by atoms with van der Waals surface area (Å²) in [6, 6.07) is 11.7. The first kappa shape index (κ1) is 14.4. The Hall–Kier alpha value is -1.52. The molecule has 0 aliphatic heterocycles. The SMILES string of the molecule is CCCn1c(-c2ccc(N)c(Br)c2)nc2ccc(Cl)cc21. The van der Waals surface area contributed by atoms with Gasteiger partial charge in [0.2, 0.25) is 0 Å². The Kier molecular flexibility index (Phi) is 3.91. The van der Waals surface area contributed by atoms with E-state index in [2.05, 4.69) is 27.4 Å².